The number of terminal acetylenes is 1. The lowest BCUT2D eigenvalue weighted by atomic mass is 10.1. The number of tetrazole rings is 4. The fraction of sp³-hybridized carbons (Fsp3) is 0.234. The minimum Gasteiger partial charge on any atom is -0.492 e. The predicted molar refractivity (Wildman–Crippen MR) is 308 cm³/mol. The fourth-order valence-electron chi connectivity index (χ4n) is 6.86. The van der Waals surface area contributed by atoms with E-state index in [-0.39, 0.29) is 74.4 Å². The largest absolute Gasteiger partial charge is 0.492 e. The Bertz CT molecular complexity index is 4840. The van der Waals surface area contributed by atoms with Crippen LogP contribution in [0.1, 0.15) is 51.4 Å². The highest BCUT2D eigenvalue weighted by molar-refractivity contribution is 7.12. The summed E-state index contributed by atoms with van der Waals surface area (Å²) in [6, 6.07) is 0. The van der Waals surface area contributed by atoms with Crippen LogP contribution in [0.3, 0.4) is 0 Å². The van der Waals surface area contributed by atoms with Gasteiger partial charge >= 0.3 is 22.8 Å². The predicted octanol–water partition coefficient (Wildman–Crippen LogP) is 0.497. The molecule has 12 heterocycles. The Hall–Kier alpha value is -11.4. The maximum Gasteiger partial charge on any atom is 0.369 e. The van der Waals surface area contributed by atoms with Gasteiger partial charge in [-0.3, -0.25) is 0 Å². The molecule has 0 saturated carbocycles. The highest BCUT2D eigenvalue weighted by Crippen LogP contribution is 2.26. The van der Waals surface area contributed by atoms with Crippen molar-refractivity contribution in [3.05, 3.63) is 158 Å². The first-order valence-electron chi connectivity index (χ1n) is 26.6. The number of nitrogens with zero attached hydrogens (tertiary/aromatic N) is 28. The molecule has 41 heteroatoms. The van der Waals surface area contributed by atoms with Crippen LogP contribution in [0.25, 0.3) is 29.3 Å². The van der Waals surface area contributed by atoms with E-state index in [2.05, 4.69) is 115 Å². The van der Waals surface area contributed by atoms with Crippen LogP contribution in [0, 0.1) is 19.3 Å². The molecule has 0 aromatic carbocycles. The standard InChI is InChI=1S/C12H13N7O3S.C12H11N7O2S.C12H9N7O2S.C11H11N7O2S/c1-3-21-9-6-14-15-10(19-12(20)18(2)16-17-19)8(9)7-22-11-13-4-5-23-11;2*1-3-8-6-14-15-10(19-12(20)18(2)16-17-19)9(8)7-21-11-13-4-5-22-11;1-7-5-13-14-9(18-11(19)17(2)15-16-18)8(7)6-20-10-12-3-4-21-10/h4-6H,3,7H2,1-2H3;3-6H,1,7H2,2H3;1,4-6H,7H2,2H3;3-5H,6H2,1-2H3/i3*4T;3T. The van der Waals surface area contributed by atoms with Gasteiger partial charge in [-0.15, -0.1) is 45.5 Å². The molecule has 12 rings (SSSR count). The first-order valence-corrected chi connectivity index (χ1v) is 28.1. The first kappa shape index (κ1) is 55.8. The summed E-state index contributed by atoms with van der Waals surface area (Å²) < 4.78 is 65.8. The Kier molecular flexibility index (Phi) is 18.3. The van der Waals surface area contributed by atoms with Crippen molar-refractivity contribution < 1.29 is 29.2 Å². The Morgan fingerprint density at radius 2 is 0.852 bits per heavy atom. The van der Waals surface area contributed by atoms with Gasteiger partial charge in [-0.25, -0.2) is 39.1 Å². The van der Waals surface area contributed by atoms with Crippen molar-refractivity contribution in [2.45, 2.75) is 40.3 Å². The summed E-state index contributed by atoms with van der Waals surface area (Å²) in [6.45, 7) is 8.01. The second-order valence-electron chi connectivity index (χ2n) is 16.6. The normalized spacial score (nSPS) is 11.2. The zero-order chi connectivity index (χ0) is 65.6. The van der Waals surface area contributed by atoms with E-state index < -0.39 is 22.8 Å². The van der Waals surface area contributed by atoms with Gasteiger partial charge in [0.05, 0.1) is 53.6 Å². The second kappa shape index (κ2) is 28.9. The van der Waals surface area contributed by atoms with Crippen molar-refractivity contribution >= 4 is 51.4 Å². The fourth-order valence-corrected chi connectivity index (χ4v) is 8.62. The molecular weight excluding hydrogens is 1230 g/mol. The third kappa shape index (κ3) is 14.4. The molecule has 0 bridgehead atoms. The van der Waals surface area contributed by atoms with Crippen molar-refractivity contribution in [2.75, 3.05) is 6.61 Å². The Labute approximate surface area is 514 Å². The molecule has 0 aliphatic carbocycles. The molecule has 0 aliphatic heterocycles. The van der Waals surface area contributed by atoms with Gasteiger partial charge < -0.3 is 23.7 Å². The van der Waals surface area contributed by atoms with Gasteiger partial charge in [-0.05, 0) is 61.1 Å². The Balaban J connectivity index is 0.000000145. The molecule has 88 heavy (non-hydrogen) atoms. The van der Waals surface area contributed by atoms with Crippen molar-refractivity contribution in [1.82, 2.24) is 140 Å². The van der Waals surface area contributed by atoms with Crippen LogP contribution in [0.4, 0.5) is 0 Å². The second-order valence-corrected chi connectivity index (χ2v) is 19.9. The molecule has 0 atom stereocenters. The number of thiazole rings is 4. The van der Waals surface area contributed by atoms with Gasteiger partial charge in [-0.2, -0.15) is 39.1 Å². The highest BCUT2D eigenvalue weighted by atomic mass is 32.1. The number of ether oxygens (including phenoxy) is 5. The van der Waals surface area contributed by atoms with Crippen molar-refractivity contribution in [1.29, 1.82) is 0 Å². The van der Waals surface area contributed by atoms with Gasteiger partial charge in [0, 0.05) is 91.1 Å². The van der Waals surface area contributed by atoms with Crippen LogP contribution in [0.2, 0.25) is 0 Å². The molecule has 0 fully saturated rings. The van der Waals surface area contributed by atoms with Gasteiger partial charge in [0.2, 0.25) is 0 Å². The topological polar surface area (TPSA) is 412 Å². The third-order valence-corrected chi connectivity index (χ3v) is 13.7. The molecule has 12 aromatic heterocycles. The van der Waals surface area contributed by atoms with Crippen molar-refractivity contribution in [2.24, 2.45) is 28.2 Å². The summed E-state index contributed by atoms with van der Waals surface area (Å²) in [6.07, 6.45) is 13.5. The molecule has 37 nitrogen and oxygen atoms in total. The van der Waals surface area contributed by atoms with Crippen LogP contribution in [0.5, 0.6) is 26.5 Å². The average Bonchev–Trinajstić information content (AvgIpc) is 1.67. The van der Waals surface area contributed by atoms with Gasteiger partial charge in [0.25, 0.3) is 20.8 Å². The maximum absolute atomic E-state index is 12.1. The lowest BCUT2D eigenvalue weighted by molar-refractivity contribution is 0.282. The Morgan fingerprint density at radius 1 is 0.500 bits per heavy atom. The maximum atomic E-state index is 12.1. The molecule has 0 N–H and O–H groups in total. The summed E-state index contributed by atoms with van der Waals surface area (Å²) in [5, 5.41) is 68.3. The van der Waals surface area contributed by atoms with E-state index in [1.54, 1.807) is 28.4 Å². The van der Waals surface area contributed by atoms with Crippen molar-refractivity contribution in [3.63, 3.8) is 0 Å². The number of hydrogen-bond acceptors (Lipinski definition) is 33. The third-order valence-electron chi connectivity index (χ3n) is 11.1. The number of hydrogen-bond donors (Lipinski definition) is 0. The highest BCUT2D eigenvalue weighted by Gasteiger charge is 2.22. The van der Waals surface area contributed by atoms with E-state index in [0.717, 1.165) is 43.0 Å². The van der Waals surface area contributed by atoms with Crippen LogP contribution < -0.4 is 46.4 Å². The van der Waals surface area contributed by atoms with E-state index in [1.807, 2.05) is 13.8 Å². The van der Waals surface area contributed by atoms with Gasteiger partial charge in [0.15, 0.2) is 23.3 Å². The van der Waals surface area contributed by atoms with Crippen LogP contribution in [-0.4, -0.2) is 146 Å². The summed E-state index contributed by atoms with van der Waals surface area (Å²) in [4.78, 5) is 63.7. The molecule has 0 aliphatic rings. The molecule has 450 valence electrons. The molecule has 12 aromatic rings. The molecule has 0 saturated heterocycles. The van der Waals surface area contributed by atoms with Crippen LogP contribution in [0.15, 0.2) is 96.8 Å². The van der Waals surface area contributed by atoms with Gasteiger partial charge in [0.1, 0.15) is 32.2 Å². The number of aromatic nitrogens is 28. The molecule has 0 amide bonds. The van der Waals surface area contributed by atoms with Crippen LogP contribution in [-0.2, 0) is 54.6 Å². The molecular formula is C47H44N28O9S4. The minimum absolute atomic E-state index is 0.000351. The summed E-state index contributed by atoms with van der Waals surface area (Å²) in [7, 11) is 5.92. The number of rotatable bonds is 19. The molecule has 0 spiro atoms. The lowest BCUT2D eigenvalue weighted by Crippen LogP contribution is -2.24. The van der Waals surface area contributed by atoms with E-state index in [1.165, 1.54) is 97.5 Å². The summed E-state index contributed by atoms with van der Waals surface area (Å²) >= 11 is 4.81. The summed E-state index contributed by atoms with van der Waals surface area (Å²) in [5.74, 6) is 3.67. The average molecular weight is 1280 g/mol. The molecule has 0 radical (unpaired) electrons. The van der Waals surface area contributed by atoms with E-state index >= 15 is 0 Å². The zero-order valence-corrected chi connectivity index (χ0v) is 49.6. The quantitative estimate of drug-likeness (QED) is 0.0995. The number of aryl methyl sites for hydroxylation is 5. The van der Waals surface area contributed by atoms with E-state index in [0.29, 0.717) is 66.5 Å². The van der Waals surface area contributed by atoms with E-state index in [9.17, 15) is 19.2 Å². The van der Waals surface area contributed by atoms with E-state index in [4.69, 9.17) is 35.6 Å². The SMILES string of the molecule is [3H]c1csc(OCc2c(C#C)cnnc2-n2nnn(C)c2=O)n1.[3H]c1csc(OCc2c(C)cnnc2-n2nnn(C)c2=O)n1.[3H]c1csc(OCc2c(C=C)cnnc2-n2nnn(C)c2=O)n1.[3H]c1csc(OCc2c(OCC)cnnc2-n2nnn(C)c2=O)n1. The van der Waals surface area contributed by atoms with Crippen molar-refractivity contribution in [3.8, 4) is 62.1 Å². The molecule has 0 unspecified atom stereocenters. The first-order chi connectivity index (χ1) is 44.3. The zero-order valence-electron chi connectivity index (χ0n) is 50.3. The van der Waals surface area contributed by atoms with Crippen LogP contribution >= 0.6 is 45.3 Å². The smallest absolute Gasteiger partial charge is 0.369 e. The summed E-state index contributed by atoms with van der Waals surface area (Å²) in [5.41, 5.74) is 2.17. The Morgan fingerprint density at radius 3 is 1.23 bits per heavy atom. The monoisotopic (exact) mass is 1280 g/mol. The lowest BCUT2D eigenvalue weighted by Gasteiger charge is -2.12. The van der Waals surface area contributed by atoms with Gasteiger partial charge in [-0.1, -0.05) is 63.9 Å². The minimum atomic E-state index is -0.489.